The Morgan fingerprint density at radius 3 is 2.58 bits per heavy atom. The SMILES string of the molecule is CC1=CC=C(S(=O)(=O)O)CC1I. The lowest BCUT2D eigenvalue weighted by molar-refractivity contribution is 0.489. The van der Waals surface area contributed by atoms with Gasteiger partial charge in [0.15, 0.2) is 0 Å². The molecule has 0 heterocycles. The van der Waals surface area contributed by atoms with Crippen LogP contribution in [0.2, 0.25) is 0 Å². The molecule has 1 aliphatic rings. The number of hydrogen-bond donors (Lipinski definition) is 1. The Kier molecular flexibility index (Phi) is 2.95. The van der Waals surface area contributed by atoms with E-state index in [2.05, 4.69) is 22.6 Å². The van der Waals surface area contributed by atoms with Crippen molar-refractivity contribution < 1.29 is 13.0 Å². The molecule has 1 N–H and O–H groups in total. The summed E-state index contributed by atoms with van der Waals surface area (Å²) in [6, 6.07) is 0. The van der Waals surface area contributed by atoms with Crippen molar-refractivity contribution in [3.63, 3.8) is 0 Å². The van der Waals surface area contributed by atoms with Gasteiger partial charge in [-0.05, 0) is 13.0 Å². The molecule has 1 atom stereocenters. The smallest absolute Gasteiger partial charge is 0.282 e. The Bertz CT molecular complexity index is 340. The van der Waals surface area contributed by atoms with E-state index < -0.39 is 10.1 Å². The number of rotatable bonds is 1. The Hall–Kier alpha value is 0.120. The van der Waals surface area contributed by atoms with Crippen molar-refractivity contribution in [1.29, 1.82) is 0 Å². The normalized spacial score (nSPS) is 24.8. The zero-order valence-electron chi connectivity index (χ0n) is 6.49. The van der Waals surface area contributed by atoms with Crippen LogP contribution in [0.4, 0.5) is 0 Å². The van der Waals surface area contributed by atoms with Crippen molar-refractivity contribution in [2.24, 2.45) is 0 Å². The third-order valence-corrected chi connectivity index (χ3v) is 4.13. The van der Waals surface area contributed by atoms with Crippen LogP contribution in [0, 0.1) is 0 Å². The molecular weight excluding hydrogens is 291 g/mol. The molecule has 0 radical (unpaired) electrons. The second-order valence-electron chi connectivity index (χ2n) is 2.69. The van der Waals surface area contributed by atoms with Gasteiger partial charge >= 0.3 is 0 Å². The average Bonchev–Trinajstić information content (AvgIpc) is 1.92. The second-order valence-corrected chi connectivity index (χ2v) is 5.67. The summed E-state index contributed by atoms with van der Waals surface area (Å²) in [6.45, 7) is 1.94. The van der Waals surface area contributed by atoms with Crippen LogP contribution in [0.1, 0.15) is 13.3 Å². The monoisotopic (exact) mass is 300 g/mol. The first-order chi connectivity index (χ1) is 5.41. The zero-order chi connectivity index (χ0) is 9.35. The molecule has 3 nitrogen and oxygen atoms in total. The lowest BCUT2D eigenvalue weighted by Gasteiger charge is -2.15. The van der Waals surface area contributed by atoms with Crippen molar-refractivity contribution >= 4 is 32.7 Å². The van der Waals surface area contributed by atoms with Crippen LogP contribution in [0.5, 0.6) is 0 Å². The van der Waals surface area contributed by atoms with Crippen molar-refractivity contribution in [2.75, 3.05) is 0 Å². The molecule has 0 aliphatic heterocycles. The van der Waals surface area contributed by atoms with Gasteiger partial charge in [-0.2, -0.15) is 8.42 Å². The van der Waals surface area contributed by atoms with E-state index >= 15 is 0 Å². The summed E-state index contributed by atoms with van der Waals surface area (Å²) >= 11 is 2.15. The van der Waals surface area contributed by atoms with Gasteiger partial charge in [-0.1, -0.05) is 34.2 Å². The van der Waals surface area contributed by atoms with Gasteiger partial charge in [0.1, 0.15) is 0 Å². The molecule has 68 valence electrons. The van der Waals surface area contributed by atoms with E-state index in [0.29, 0.717) is 6.42 Å². The highest BCUT2D eigenvalue weighted by molar-refractivity contribution is 14.1. The first-order valence-electron chi connectivity index (χ1n) is 3.40. The molecule has 0 fully saturated rings. The van der Waals surface area contributed by atoms with Crippen LogP contribution >= 0.6 is 22.6 Å². The van der Waals surface area contributed by atoms with Crippen molar-refractivity contribution in [3.8, 4) is 0 Å². The fourth-order valence-corrected chi connectivity index (χ4v) is 2.52. The van der Waals surface area contributed by atoms with Gasteiger partial charge in [0.25, 0.3) is 10.1 Å². The summed E-state index contributed by atoms with van der Waals surface area (Å²) in [5.41, 5.74) is 1.13. The number of alkyl halides is 1. The summed E-state index contributed by atoms with van der Waals surface area (Å²) in [4.78, 5) is 0.104. The summed E-state index contributed by atoms with van der Waals surface area (Å²) in [6.07, 6.45) is 3.57. The minimum Gasteiger partial charge on any atom is -0.282 e. The van der Waals surface area contributed by atoms with E-state index in [1.807, 2.05) is 6.92 Å². The number of hydrogen-bond acceptors (Lipinski definition) is 2. The largest absolute Gasteiger partial charge is 0.290 e. The molecule has 0 spiro atoms. The van der Waals surface area contributed by atoms with Gasteiger partial charge in [-0.3, -0.25) is 4.55 Å². The van der Waals surface area contributed by atoms with Crippen molar-refractivity contribution in [2.45, 2.75) is 17.3 Å². The van der Waals surface area contributed by atoms with Gasteiger partial charge in [0.05, 0.1) is 4.91 Å². The van der Waals surface area contributed by atoms with Crippen molar-refractivity contribution in [3.05, 3.63) is 22.6 Å². The molecule has 0 saturated carbocycles. The Morgan fingerprint density at radius 1 is 1.58 bits per heavy atom. The molecule has 12 heavy (non-hydrogen) atoms. The summed E-state index contributed by atoms with van der Waals surface area (Å²) in [7, 11) is -3.97. The number of halogens is 1. The topological polar surface area (TPSA) is 54.4 Å². The van der Waals surface area contributed by atoms with E-state index in [9.17, 15) is 8.42 Å². The van der Waals surface area contributed by atoms with Crippen LogP contribution in [0.15, 0.2) is 22.6 Å². The van der Waals surface area contributed by atoms with Crippen LogP contribution in [0.25, 0.3) is 0 Å². The Morgan fingerprint density at radius 2 is 2.17 bits per heavy atom. The fourth-order valence-electron chi connectivity index (χ4n) is 0.926. The average molecular weight is 300 g/mol. The van der Waals surface area contributed by atoms with E-state index in [-0.39, 0.29) is 8.83 Å². The third-order valence-electron chi connectivity index (χ3n) is 1.74. The Balaban J connectivity index is 3.00. The number of allylic oxidation sites excluding steroid dienone is 4. The predicted molar refractivity (Wildman–Crippen MR) is 55.8 cm³/mol. The molecule has 1 aliphatic carbocycles. The maximum Gasteiger partial charge on any atom is 0.290 e. The molecule has 0 amide bonds. The molecule has 1 unspecified atom stereocenters. The zero-order valence-corrected chi connectivity index (χ0v) is 9.46. The molecule has 0 bridgehead atoms. The molecular formula is C7H9IO3S. The lowest BCUT2D eigenvalue weighted by Crippen LogP contribution is -2.11. The van der Waals surface area contributed by atoms with Gasteiger partial charge in [-0.15, -0.1) is 0 Å². The molecule has 5 heteroatoms. The molecule has 0 aromatic heterocycles. The minimum absolute atomic E-state index is 0.104. The van der Waals surface area contributed by atoms with Gasteiger partial charge in [0, 0.05) is 10.3 Å². The highest BCUT2D eigenvalue weighted by atomic mass is 127. The molecule has 0 aromatic rings. The lowest BCUT2D eigenvalue weighted by atomic mass is 10.1. The van der Waals surface area contributed by atoms with Crippen LogP contribution < -0.4 is 0 Å². The second kappa shape index (κ2) is 3.47. The van der Waals surface area contributed by atoms with Gasteiger partial charge in [0.2, 0.25) is 0 Å². The fraction of sp³-hybridized carbons (Fsp3) is 0.429. The van der Waals surface area contributed by atoms with E-state index in [1.165, 1.54) is 6.08 Å². The van der Waals surface area contributed by atoms with Crippen molar-refractivity contribution in [1.82, 2.24) is 0 Å². The van der Waals surface area contributed by atoms with E-state index in [0.717, 1.165) is 5.57 Å². The Labute approximate surface area is 85.4 Å². The van der Waals surface area contributed by atoms with E-state index in [1.54, 1.807) is 6.08 Å². The molecule has 0 saturated heterocycles. The van der Waals surface area contributed by atoms with Crippen LogP contribution in [0.3, 0.4) is 0 Å². The molecule has 1 rings (SSSR count). The highest BCUT2D eigenvalue weighted by Gasteiger charge is 2.21. The quantitative estimate of drug-likeness (QED) is 0.457. The summed E-state index contributed by atoms with van der Waals surface area (Å²) in [5.74, 6) is 0. The minimum atomic E-state index is -3.97. The maximum absolute atomic E-state index is 10.7. The van der Waals surface area contributed by atoms with Gasteiger partial charge < -0.3 is 0 Å². The summed E-state index contributed by atoms with van der Waals surface area (Å²) < 4.78 is 30.3. The first kappa shape index (κ1) is 10.2. The summed E-state index contributed by atoms with van der Waals surface area (Å²) in [5, 5.41) is 0. The van der Waals surface area contributed by atoms with Gasteiger partial charge in [-0.25, -0.2) is 0 Å². The van der Waals surface area contributed by atoms with Crippen LogP contribution in [-0.4, -0.2) is 16.9 Å². The standard InChI is InChI=1S/C7H9IO3S/c1-5-2-3-6(4-7(5)8)12(9,10)11/h2-3,7H,4H2,1H3,(H,9,10,11). The highest BCUT2D eigenvalue weighted by Crippen LogP contribution is 2.27. The predicted octanol–water partition coefficient (Wildman–Crippen LogP) is 1.91. The van der Waals surface area contributed by atoms with Crippen LogP contribution in [-0.2, 0) is 10.1 Å². The first-order valence-corrected chi connectivity index (χ1v) is 6.09. The van der Waals surface area contributed by atoms with E-state index in [4.69, 9.17) is 4.55 Å². The molecule has 0 aromatic carbocycles. The maximum atomic E-state index is 10.7. The third kappa shape index (κ3) is 2.30.